The van der Waals surface area contributed by atoms with Crippen molar-refractivity contribution in [3.05, 3.63) is 0 Å². The fourth-order valence-corrected chi connectivity index (χ4v) is 5.34. The van der Waals surface area contributed by atoms with E-state index < -0.39 is 11.8 Å². The number of carbonyl (C=O) groups excluding carboxylic acids is 2. The molecule has 1 N–H and O–H groups in total. The van der Waals surface area contributed by atoms with Gasteiger partial charge in [0.25, 0.3) is 0 Å². The molecular weight excluding hydrogens is 309 g/mol. The summed E-state index contributed by atoms with van der Waals surface area (Å²) in [5, 5.41) is 2.36. The van der Waals surface area contributed by atoms with Crippen LogP contribution >= 0.6 is 17.1 Å². The Labute approximate surface area is 122 Å². The number of ether oxygens (including phenoxy) is 1. The average Bonchev–Trinajstić information content (AvgIpc) is 2.35. The van der Waals surface area contributed by atoms with E-state index in [1.54, 1.807) is 6.92 Å². The SMILES string of the molecule is CCOC(=O)NCC(=O)CSP(=S)(OCC)OCC. The minimum Gasteiger partial charge on any atom is -0.450 e. The van der Waals surface area contributed by atoms with Gasteiger partial charge in [-0.25, -0.2) is 4.79 Å². The van der Waals surface area contributed by atoms with Crippen molar-refractivity contribution in [1.82, 2.24) is 5.32 Å². The third kappa shape index (κ3) is 9.40. The van der Waals surface area contributed by atoms with Crippen molar-refractivity contribution in [3.63, 3.8) is 0 Å². The van der Waals surface area contributed by atoms with Crippen LogP contribution in [0.2, 0.25) is 0 Å². The van der Waals surface area contributed by atoms with Crippen molar-refractivity contribution in [2.24, 2.45) is 0 Å². The lowest BCUT2D eigenvalue weighted by Gasteiger charge is -2.19. The number of nitrogens with one attached hydrogen (secondary N) is 1. The molecule has 0 rings (SSSR count). The van der Waals surface area contributed by atoms with Crippen LogP contribution < -0.4 is 5.32 Å². The molecule has 0 aromatic carbocycles. The summed E-state index contributed by atoms with van der Waals surface area (Å²) in [6.07, 6.45) is -0.602. The fourth-order valence-electron chi connectivity index (χ4n) is 0.983. The summed E-state index contributed by atoms with van der Waals surface area (Å²) < 4.78 is 15.4. The number of amides is 1. The summed E-state index contributed by atoms with van der Waals surface area (Å²) in [4.78, 5) is 22.6. The smallest absolute Gasteiger partial charge is 0.407 e. The number of carbonyl (C=O) groups is 2. The van der Waals surface area contributed by atoms with Crippen molar-refractivity contribution in [2.45, 2.75) is 20.8 Å². The number of ketones is 1. The second-order valence-electron chi connectivity index (χ2n) is 3.17. The maximum atomic E-state index is 11.6. The van der Waals surface area contributed by atoms with E-state index in [4.69, 9.17) is 20.9 Å². The molecule has 1 amide bonds. The zero-order chi connectivity index (χ0) is 14.7. The molecular formula is C10H20NO5PS2. The molecule has 0 aliphatic rings. The van der Waals surface area contributed by atoms with Gasteiger partial charge in [0.05, 0.1) is 32.1 Å². The summed E-state index contributed by atoms with van der Waals surface area (Å²) >= 11 is 6.45. The first kappa shape index (κ1) is 18.9. The van der Waals surface area contributed by atoms with Gasteiger partial charge in [-0.05, 0) is 32.6 Å². The van der Waals surface area contributed by atoms with Crippen molar-refractivity contribution in [3.8, 4) is 0 Å². The largest absolute Gasteiger partial charge is 0.450 e. The van der Waals surface area contributed by atoms with Gasteiger partial charge in [0.2, 0.25) is 5.69 Å². The van der Waals surface area contributed by atoms with Gasteiger partial charge in [-0.2, -0.15) is 0 Å². The van der Waals surface area contributed by atoms with E-state index >= 15 is 0 Å². The number of rotatable bonds is 10. The van der Waals surface area contributed by atoms with Crippen molar-refractivity contribution in [1.29, 1.82) is 0 Å². The van der Waals surface area contributed by atoms with Crippen LogP contribution in [0.5, 0.6) is 0 Å². The van der Waals surface area contributed by atoms with Crippen LogP contribution in [0.1, 0.15) is 20.8 Å². The van der Waals surface area contributed by atoms with E-state index in [2.05, 4.69) is 10.1 Å². The highest BCUT2D eigenvalue weighted by atomic mass is 32.9. The Bertz CT molecular complexity index is 330. The predicted molar refractivity (Wildman–Crippen MR) is 80.0 cm³/mol. The van der Waals surface area contributed by atoms with E-state index in [9.17, 15) is 9.59 Å². The van der Waals surface area contributed by atoms with Crippen molar-refractivity contribution < 1.29 is 23.4 Å². The van der Waals surface area contributed by atoms with Crippen LogP contribution in [-0.2, 0) is 30.4 Å². The summed E-state index contributed by atoms with van der Waals surface area (Å²) in [6.45, 7) is 6.41. The predicted octanol–water partition coefficient (Wildman–Crippen LogP) is 2.33. The van der Waals surface area contributed by atoms with Crippen LogP contribution in [0.25, 0.3) is 0 Å². The molecule has 0 aromatic heterocycles. The highest BCUT2D eigenvalue weighted by molar-refractivity contribution is 8.68. The molecule has 0 heterocycles. The first-order chi connectivity index (χ1) is 8.97. The quantitative estimate of drug-likeness (QED) is 0.617. The maximum Gasteiger partial charge on any atom is 0.407 e. The third-order valence-corrected chi connectivity index (χ3v) is 7.13. The average molecular weight is 329 g/mol. The Morgan fingerprint density at radius 1 is 1.16 bits per heavy atom. The van der Waals surface area contributed by atoms with Crippen LogP contribution in [0.4, 0.5) is 4.79 Å². The Morgan fingerprint density at radius 3 is 2.21 bits per heavy atom. The molecule has 0 aliphatic heterocycles. The minimum atomic E-state index is -2.45. The number of hydrogen-bond acceptors (Lipinski definition) is 7. The topological polar surface area (TPSA) is 73.9 Å². The van der Waals surface area contributed by atoms with Gasteiger partial charge in [0.15, 0.2) is 5.78 Å². The summed E-state index contributed by atoms with van der Waals surface area (Å²) in [6, 6.07) is 0. The first-order valence-electron chi connectivity index (χ1n) is 5.93. The number of hydrogen-bond donors (Lipinski definition) is 1. The zero-order valence-corrected chi connectivity index (χ0v) is 13.9. The summed E-state index contributed by atoms with van der Waals surface area (Å²) in [7, 11) is 0. The monoisotopic (exact) mass is 329 g/mol. The molecule has 0 atom stereocenters. The second kappa shape index (κ2) is 10.6. The van der Waals surface area contributed by atoms with Crippen LogP contribution in [0.15, 0.2) is 0 Å². The van der Waals surface area contributed by atoms with E-state index in [0.29, 0.717) is 13.2 Å². The molecule has 0 fully saturated rings. The Hall–Kier alpha value is -0.140. The lowest BCUT2D eigenvalue weighted by Crippen LogP contribution is -2.30. The normalized spacial score (nSPS) is 11.1. The second-order valence-corrected chi connectivity index (χ2v) is 9.48. The summed E-state index contributed by atoms with van der Waals surface area (Å²) in [5.74, 6) is -0.0179. The Morgan fingerprint density at radius 2 is 1.74 bits per heavy atom. The van der Waals surface area contributed by atoms with E-state index in [-0.39, 0.29) is 24.7 Å². The maximum absolute atomic E-state index is 11.6. The lowest BCUT2D eigenvalue weighted by atomic mass is 10.4. The van der Waals surface area contributed by atoms with E-state index in [1.807, 2.05) is 13.8 Å². The van der Waals surface area contributed by atoms with Gasteiger partial charge in [-0.1, -0.05) is 11.4 Å². The van der Waals surface area contributed by atoms with Gasteiger partial charge in [0, 0.05) is 0 Å². The van der Waals surface area contributed by atoms with Crippen molar-refractivity contribution >= 4 is 40.8 Å². The third-order valence-electron chi connectivity index (χ3n) is 1.66. The molecule has 6 nitrogen and oxygen atoms in total. The Kier molecular flexibility index (Phi) is 10.5. The van der Waals surface area contributed by atoms with Crippen LogP contribution in [-0.4, -0.2) is 44.0 Å². The van der Waals surface area contributed by atoms with Gasteiger partial charge in [-0.3, -0.25) is 4.79 Å². The number of alkyl carbamates (subject to hydrolysis) is 1. The molecule has 0 unspecified atom stereocenters. The summed E-state index contributed by atoms with van der Waals surface area (Å²) in [5.41, 5.74) is -2.45. The first-order valence-corrected chi connectivity index (χ1v) is 10.2. The lowest BCUT2D eigenvalue weighted by molar-refractivity contribution is -0.115. The zero-order valence-electron chi connectivity index (χ0n) is 11.3. The molecule has 0 radical (unpaired) electrons. The molecule has 0 saturated carbocycles. The Balaban J connectivity index is 4.05. The van der Waals surface area contributed by atoms with Crippen molar-refractivity contribution in [2.75, 3.05) is 32.1 Å². The van der Waals surface area contributed by atoms with Crippen LogP contribution in [0, 0.1) is 0 Å². The fraction of sp³-hybridized carbons (Fsp3) is 0.800. The molecule has 19 heavy (non-hydrogen) atoms. The highest BCUT2D eigenvalue weighted by Crippen LogP contribution is 2.60. The molecule has 0 spiro atoms. The molecule has 112 valence electrons. The standard InChI is InChI=1S/C10H20NO5PS2/c1-4-14-10(13)11-7-9(12)8-19-17(18,15-5-2)16-6-3/h4-8H2,1-3H3,(H,11,13). The van der Waals surface area contributed by atoms with Gasteiger partial charge < -0.3 is 19.1 Å². The van der Waals surface area contributed by atoms with E-state index in [0.717, 1.165) is 0 Å². The molecule has 0 aromatic rings. The van der Waals surface area contributed by atoms with E-state index in [1.165, 1.54) is 11.4 Å². The van der Waals surface area contributed by atoms with Gasteiger partial charge in [-0.15, -0.1) is 0 Å². The highest BCUT2D eigenvalue weighted by Gasteiger charge is 2.20. The molecule has 0 saturated heterocycles. The molecule has 0 bridgehead atoms. The molecule has 9 heteroatoms. The minimum absolute atomic E-state index is 0.0839. The van der Waals surface area contributed by atoms with Crippen LogP contribution in [0.3, 0.4) is 0 Å². The number of Topliss-reactive ketones (excluding diaryl/α,β-unsaturated/α-hetero) is 1. The molecule has 0 aliphatic carbocycles. The van der Waals surface area contributed by atoms with Gasteiger partial charge in [0.1, 0.15) is 0 Å². The van der Waals surface area contributed by atoms with Gasteiger partial charge >= 0.3 is 6.09 Å².